The number of benzene rings is 1. The molecule has 2 rings (SSSR count). The molecule has 0 radical (unpaired) electrons. The summed E-state index contributed by atoms with van der Waals surface area (Å²) in [6, 6.07) is 8.47. The van der Waals surface area contributed by atoms with E-state index < -0.39 is 5.24 Å². The van der Waals surface area contributed by atoms with Gasteiger partial charge in [0.25, 0.3) is 0 Å². The lowest BCUT2D eigenvalue weighted by molar-refractivity contribution is -0.111. The molecule has 0 atom stereocenters. The largest absolute Gasteiger partial charge is 0.288 e. The van der Waals surface area contributed by atoms with Crippen LogP contribution >= 0.6 is 23.2 Å². The number of nitrogens with zero attached hydrogens (tertiary/aromatic N) is 2. The summed E-state index contributed by atoms with van der Waals surface area (Å²) in [5, 5.41) is 4.11. The fourth-order valence-electron chi connectivity index (χ4n) is 1.71. The van der Waals surface area contributed by atoms with Gasteiger partial charge in [-0.15, -0.1) is 0 Å². The van der Waals surface area contributed by atoms with Crippen molar-refractivity contribution >= 4 is 28.4 Å². The summed E-state index contributed by atoms with van der Waals surface area (Å²) in [5.41, 5.74) is 1.18. The summed E-state index contributed by atoms with van der Waals surface area (Å²) >= 11 is 11.2. The predicted octanol–water partition coefficient (Wildman–Crippen LogP) is 2.50. The zero-order valence-electron chi connectivity index (χ0n) is 10.1. The molecule has 0 aliphatic heterocycles. The van der Waals surface area contributed by atoms with E-state index in [9.17, 15) is 9.59 Å². The molecule has 0 saturated heterocycles. The summed E-state index contributed by atoms with van der Waals surface area (Å²) in [5.74, 6) is 0. The first-order valence-electron chi connectivity index (χ1n) is 5.51. The van der Waals surface area contributed by atoms with Gasteiger partial charge in [-0.2, -0.15) is 5.10 Å². The summed E-state index contributed by atoms with van der Waals surface area (Å²) < 4.78 is 1.56. The van der Waals surface area contributed by atoms with Crippen LogP contribution in [0, 0.1) is 6.92 Å². The van der Waals surface area contributed by atoms with Crippen LogP contribution in [0.15, 0.2) is 35.1 Å². The first-order chi connectivity index (χ1) is 8.97. The topological polar surface area (TPSA) is 52.0 Å². The fourth-order valence-corrected chi connectivity index (χ4v) is 2.02. The van der Waals surface area contributed by atoms with Gasteiger partial charge in [-0.05, 0) is 36.7 Å². The van der Waals surface area contributed by atoms with E-state index >= 15 is 0 Å². The van der Waals surface area contributed by atoms with Crippen molar-refractivity contribution in [3.63, 3.8) is 0 Å². The normalized spacial score (nSPS) is 10.5. The molecule has 0 amide bonds. The third kappa shape index (κ3) is 3.22. The van der Waals surface area contributed by atoms with E-state index in [2.05, 4.69) is 5.10 Å². The van der Waals surface area contributed by atoms with Crippen LogP contribution in [-0.2, 0) is 11.2 Å². The average Bonchev–Trinajstić information content (AvgIpc) is 2.32. The number of aryl methyl sites for hydroxylation is 1. The zero-order valence-corrected chi connectivity index (χ0v) is 11.6. The maximum Gasteiger partial charge on any atom is 0.227 e. The number of hydrogen-bond acceptors (Lipinski definition) is 3. The minimum atomic E-state index is -0.619. The molecule has 0 spiro atoms. The molecule has 19 heavy (non-hydrogen) atoms. The van der Waals surface area contributed by atoms with Gasteiger partial charge in [-0.3, -0.25) is 9.59 Å². The van der Waals surface area contributed by atoms with Gasteiger partial charge in [0, 0.05) is 16.8 Å². The minimum Gasteiger partial charge on any atom is -0.288 e. The molecule has 0 aliphatic carbocycles. The van der Waals surface area contributed by atoms with Crippen LogP contribution in [0.2, 0.25) is 5.02 Å². The minimum absolute atomic E-state index is 0.116. The van der Waals surface area contributed by atoms with Gasteiger partial charge < -0.3 is 0 Å². The van der Waals surface area contributed by atoms with E-state index in [0.717, 1.165) is 0 Å². The Morgan fingerprint density at radius 1 is 1.37 bits per heavy atom. The van der Waals surface area contributed by atoms with Crippen molar-refractivity contribution in [2.75, 3.05) is 0 Å². The lowest BCUT2D eigenvalue weighted by atomic mass is 10.2. The van der Waals surface area contributed by atoms with E-state index in [1.165, 1.54) is 6.07 Å². The quantitative estimate of drug-likeness (QED) is 0.818. The van der Waals surface area contributed by atoms with Crippen LogP contribution in [-0.4, -0.2) is 15.0 Å². The van der Waals surface area contributed by atoms with Crippen molar-refractivity contribution in [2.45, 2.75) is 13.3 Å². The molecule has 1 heterocycles. The third-order valence-electron chi connectivity index (χ3n) is 2.54. The maximum absolute atomic E-state index is 11.7. The number of carbonyl (C=O) groups is 1. The molecule has 0 bridgehead atoms. The Labute approximate surface area is 119 Å². The van der Waals surface area contributed by atoms with Crippen LogP contribution in [0.3, 0.4) is 0 Å². The molecule has 4 nitrogen and oxygen atoms in total. The maximum atomic E-state index is 11.7. The Kier molecular flexibility index (Phi) is 4.02. The van der Waals surface area contributed by atoms with Gasteiger partial charge >= 0.3 is 0 Å². The third-order valence-corrected chi connectivity index (χ3v) is 2.91. The summed E-state index contributed by atoms with van der Waals surface area (Å²) in [4.78, 5) is 22.6. The lowest BCUT2D eigenvalue weighted by Gasteiger charge is -2.10. The van der Waals surface area contributed by atoms with E-state index in [1.807, 2.05) is 6.07 Å². The highest BCUT2D eigenvalue weighted by molar-refractivity contribution is 6.63. The van der Waals surface area contributed by atoms with Gasteiger partial charge in [0.2, 0.25) is 10.7 Å². The van der Waals surface area contributed by atoms with Crippen LogP contribution in [0.1, 0.15) is 11.4 Å². The second-order valence-corrected chi connectivity index (χ2v) is 4.88. The Hall–Kier alpha value is -1.65. The Morgan fingerprint density at radius 2 is 2.11 bits per heavy atom. The van der Waals surface area contributed by atoms with Gasteiger partial charge in [0.1, 0.15) is 5.69 Å². The van der Waals surface area contributed by atoms with Crippen molar-refractivity contribution < 1.29 is 4.79 Å². The van der Waals surface area contributed by atoms with E-state index in [0.29, 0.717) is 16.4 Å². The van der Waals surface area contributed by atoms with Crippen molar-refractivity contribution in [3.8, 4) is 5.69 Å². The van der Waals surface area contributed by atoms with Crippen molar-refractivity contribution in [1.82, 2.24) is 9.78 Å². The van der Waals surface area contributed by atoms with Crippen LogP contribution in [0.5, 0.6) is 0 Å². The van der Waals surface area contributed by atoms with Crippen LogP contribution < -0.4 is 5.43 Å². The zero-order chi connectivity index (χ0) is 14.0. The van der Waals surface area contributed by atoms with Gasteiger partial charge in [0.05, 0.1) is 12.1 Å². The van der Waals surface area contributed by atoms with E-state index in [-0.39, 0.29) is 17.5 Å². The molecule has 0 aliphatic rings. The van der Waals surface area contributed by atoms with E-state index in [1.54, 1.807) is 29.8 Å². The number of halogens is 2. The van der Waals surface area contributed by atoms with Crippen molar-refractivity contribution in [3.05, 3.63) is 57.0 Å². The highest BCUT2D eigenvalue weighted by Crippen LogP contribution is 2.15. The molecule has 0 fully saturated rings. The lowest BCUT2D eigenvalue weighted by Crippen LogP contribution is -2.20. The predicted molar refractivity (Wildman–Crippen MR) is 74.1 cm³/mol. The number of rotatable bonds is 3. The highest BCUT2D eigenvalue weighted by Gasteiger charge is 2.10. The average molecular weight is 297 g/mol. The molecule has 0 unspecified atom stereocenters. The molecule has 1 aromatic heterocycles. The monoisotopic (exact) mass is 296 g/mol. The molecule has 0 N–H and O–H groups in total. The molecule has 1 aromatic carbocycles. The Morgan fingerprint density at radius 3 is 2.74 bits per heavy atom. The molecule has 0 saturated carbocycles. The standard InChI is InChI=1S/C13H10Cl2N2O2/c1-8-5-12(18)11(7-13(15)19)16-17(8)10-4-2-3-9(14)6-10/h2-6H,7H2,1H3. The molecule has 98 valence electrons. The van der Waals surface area contributed by atoms with Crippen molar-refractivity contribution in [1.29, 1.82) is 0 Å². The van der Waals surface area contributed by atoms with Gasteiger partial charge in [-0.1, -0.05) is 17.7 Å². The van der Waals surface area contributed by atoms with Gasteiger partial charge in [0.15, 0.2) is 0 Å². The highest BCUT2D eigenvalue weighted by atomic mass is 35.5. The summed E-state index contributed by atoms with van der Waals surface area (Å²) in [7, 11) is 0. The van der Waals surface area contributed by atoms with Crippen molar-refractivity contribution in [2.24, 2.45) is 0 Å². The van der Waals surface area contributed by atoms with E-state index in [4.69, 9.17) is 23.2 Å². The van der Waals surface area contributed by atoms with Crippen LogP contribution in [0.4, 0.5) is 0 Å². The number of hydrogen-bond donors (Lipinski definition) is 0. The molecular weight excluding hydrogens is 287 g/mol. The summed E-state index contributed by atoms with van der Waals surface area (Å²) in [6.45, 7) is 1.75. The number of carbonyl (C=O) groups excluding carboxylic acids is 1. The first-order valence-corrected chi connectivity index (χ1v) is 6.27. The Bertz CT molecular complexity index is 695. The SMILES string of the molecule is Cc1cc(=O)c(CC(=O)Cl)nn1-c1cccc(Cl)c1. The molecule has 2 aromatic rings. The second-order valence-electron chi connectivity index (χ2n) is 4.02. The molecular formula is C13H10Cl2N2O2. The van der Waals surface area contributed by atoms with Crippen LogP contribution in [0.25, 0.3) is 5.69 Å². The summed E-state index contributed by atoms with van der Waals surface area (Å²) in [6.07, 6.45) is -0.193. The fraction of sp³-hybridized carbons (Fsp3) is 0.154. The Balaban J connectivity index is 2.57. The molecule has 6 heteroatoms. The smallest absolute Gasteiger partial charge is 0.227 e. The number of aromatic nitrogens is 2. The first kappa shape index (κ1) is 13.8. The second kappa shape index (κ2) is 5.55. The van der Waals surface area contributed by atoms with Gasteiger partial charge in [-0.25, -0.2) is 4.68 Å².